The highest BCUT2D eigenvalue weighted by Gasteiger charge is 2.25. The first-order chi connectivity index (χ1) is 16.6. The molecular formula is C26H28FN5O2. The third-order valence-electron chi connectivity index (χ3n) is 6.80. The number of benzene rings is 2. The molecule has 0 spiro atoms. The fraction of sp³-hybridized carbons (Fsp3) is 0.385. The molecule has 0 bridgehead atoms. The first kappa shape index (κ1) is 22.4. The van der Waals surface area contributed by atoms with E-state index in [-0.39, 0.29) is 16.4 Å². The molecule has 0 saturated carbocycles. The van der Waals surface area contributed by atoms with Crippen molar-refractivity contribution in [3.63, 3.8) is 0 Å². The summed E-state index contributed by atoms with van der Waals surface area (Å²) >= 11 is 0. The van der Waals surface area contributed by atoms with Crippen LogP contribution in [0.2, 0.25) is 0 Å². The number of aryl methyl sites for hydroxylation is 1. The summed E-state index contributed by atoms with van der Waals surface area (Å²) in [6.07, 6.45) is 5.15. The summed E-state index contributed by atoms with van der Waals surface area (Å²) < 4.78 is 13.4. The molecular weight excluding hydrogens is 433 g/mol. The van der Waals surface area contributed by atoms with Crippen LogP contribution in [0.4, 0.5) is 15.9 Å². The van der Waals surface area contributed by atoms with Gasteiger partial charge in [0.25, 0.3) is 5.69 Å². The van der Waals surface area contributed by atoms with E-state index in [4.69, 9.17) is 9.97 Å². The second kappa shape index (κ2) is 9.85. The second-order valence-corrected chi connectivity index (χ2v) is 9.01. The fourth-order valence-corrected chi connectivity index (χ4v) is 4.82. The van der Waals surface area contributed by atoms with Crippen LogP contribution in [0.25, 0.3) is 11.4 Å². The van der Waals surface area contributed by atoms with Gasteiger partial charge in [0.1, 0.15) is 11.6 Å². The molecule has 2 aliphatic rings. The van der Waals surface area contributed by atoms with Gasteiger partial charge in [-0.2, -0.15) is 0 Å². The molecule has 1 saturated heterocycles. The zero-order valence-electron chi connectivity index (χ0n) is 19.1. The molecule has 2 heterocycles. The zero-order chi connectivity index (χ0) is 23.5. The number of rotatable bonds is 6. The van der Waals surface area contributed by atoms with Crippen molar-refractivity contribution in [1.82, 2.24) is 14.9 Å². The maximum absolute atomic E-state index is 13.4. The molecule has 0 amide bonds. The van der Waals surface area contributed by atoms with E-state index in [1.807, 2.05) is 12.1 Å². The highest BCUT2D eigenvalue weighted by Crippen LogP contribution is 2.31. The van der Waals surface area contributed by atoms with E-state index < -0.39 is 0 Å². The second-order valence-electron chi connectivity index (χ2n) is 9.01. The lowest BCUT2D eigenvalue weighted by molar-refractivity contribution is -0.384. The zero-order valence-corrected chi connectivity index (χ0v) is 19.1. The highest BCUT2D eigenvalue weighted by atomic mass is 19.1. The Balaban J connectivity index is 1.27. The van der Waals surface area contributed by atoms with Crippen molar-refractivity contribution in [3.05, 3.63) is 81.3 Å². The molecule has 1 aliphatic heterocycles. The van der Waals surface area contributed by atoms with Gasteiger partial charge < -0.3 is 4.90 Å². The van der Waals surface area contributed by atoms with E-state index in [0.29, 0.717) is 5.82 Å². The predicted octanol–water partition coefficient (Wildman–Crippen LogP) is 4.43. The van der Waals surface area contributed by atoms with E-state index in [0.717, 1.165) is 87.5 Å². The molecule has 0 radical (unpaired) electrons. The van der Waals surface area contributed by atoms with Gasteiger partial charge in [-0.25, -0.2) is 14.4 Å². The number of nitrogens with zero attached hydrogens (tertiary/aromatic N) is 5. The average Bonchev–Trinajstić information content (AvgIpc) is 2.88. The van der Waals surface area contributed by atoms with Gasteiger partial charge in [-0.3, -0.25) is 15.0 Å². The van der Waals surface area contributed by atoms with E-state index in [1.165, 1.54) is 17.7 Å². The first-order valence-electron chi connectivity index (χ1n) is 11.9. The van der Waals surface area contributed by atoms with Crippen LogP contribution in [0, 0.1) is 15.9 Å². The molecule has 5 rings (SSSR count). The topological polar surface area (TPSA) is 75.4 Å². The van der Waals surface area contributed by atoms with Crippen molar-refractivity contribution in [3.8, 4) is 11.4 Å². The number of nitro benzene ring substituents is 1. The maximum atomic E-state index is 13.4. The van der Waals surface area contributed by atoms with Crippen LogP contribution < -0.4 is 4.90 Å². The van der Waals surface area contributed by atoms with Crippen molar-refractivity contribution in [2.24, 2.45) is 0 Å². The van der Waals surface area contributed by atoms with Crippen LogP contribution in [-0.4, -0.2) is 52.5 Å². The lowest BCUT2D eigenvalue weighted by Gasteiger charge is -2.37. The lowest BCUT2D eigenvalue weighted by atomic mass is 9.95. The molecule has 1 aliphatic carbocycles. The molecule has 1 fully saturated rings. The van der Waals surface area contributed by atoms with Crippen molar-refractivity contribution in [2.45, 2.75) is 32.1 Å². The van der Waals surface area contributed by atoms with Gasteiger partial charge >= 0.3 is 0 Å². The Labute approximate surface area is 198 Å². The first-order valence-corrected chi connectivity index (χ1v) is 11.9. The highest BCUT2D eigenvalue weighted by molar-refractivity contribution is 5.61. The third kappa shape index (κ3) is 4.92. The number of piperazine rings is 1. The van der Waals surface area contributed by atoms with E-state index >= 15 is 0 Å². The third-order valence-corrected chi connectivity index (χ3v) is 6.80. The number of aromatic nitrogens is 2. The van der Waals surface area contributed by atoms with Gasteiger partial charge in [0.15, 0.2) is 5.82 Å². The number of non-ortho nitro benzene ring substituents is 1. The largest absolute Gasteiger partial charge is 0.354 e. The Morgan fingerprint density at radius 1 is 0.912 bits per heavy atom. The number of anilines is 1. The molecule has 3 aromatic rings. The lowest BCUT2D eigenvalue weighted by Crippen LogP contribution is -2.47. The normalized spacial score (nSPS) is 16.3. The summed E-state index contributed by atoms with van der Waals surface area (Å²) in [5.74, 6) is 1.46. The van der Waals surface area contributed by atoms with Crippen molar-refractivity contribution in [1.29, 1.82) is 0 Å². The van der Waals surface area contributed by atoms with Gasteiger partial charge in [0.2, 0.25) is 0 Å². The van der Waals surface area contributed by atoms with Gasteiger partial charge in [0, 0.05) is 61.7 Å². The molecule has 2 aromatic carbocycles. The minimum Gasteiger partial charge on any atom is -0.354 e. The van der Waals surface area contributed by atoms with E-state index in [2.05, 4.69) is 9.80 Å². The Morgan fingerprint density at radius 3 is 2.32 bits per heavy atom. The molecule has 1 aromatic heterocycles. The number of nitro groups is 1. The average molecular weight is 462 g/mol. The van der Waals surface area contributed by atoms with Crippen molar-refractivity contribution >= 4 is 11.5 Å². The molecule has 34 heavy (non-hydrogen) atoms. The monoisotopic (exact) mass is 461 g/mol. The summed E-state index contributed by atoms with van der Waals surface area (Å²) in [5, 5.41) is 10.8. The molecule has 0 unspecified atom stereocenters. The van der Waals surface area contributed by atoms with Crippen LogP contribution in [0.3, 0.4) is 0 Å². The maximum Gasteiger partial charge on any atom is 0.269 e. The Hall–Kier alpha value is -3.39. The Kier molecular flexibility index (Phi) is 6.49. The molecule has 8 heteroatoms. The fourth-order valence-electron chi connectivity index (χ4n) is 4.82. The van der Waals surface area contributed by atoms with Crippen LogP contribution in [0.5, 0.6) is 0 Å². The minimum absolute atomic E-state index is 0.130. The summed E-state index contributed by atoms with van der Waals surface area (Å²) in [6.45, 7) is 4.60. The van der Waals surface area contributed by atoms with Crippen LogP contribution in [-0.2, 0) is 19.3 Å². The molecule has 0 N–H and O–H groups in total. The Morgan fingerprint density at radius 2 is 1.62 bits per heavy atom. The smallest absolute Gasteiger partial charge is 0.269 e. The molecule has 7 nitrogen and oxygen atoms in total. The van der Waals surface area contributed by atoms with Gasteiger partial charge in [-0.15, -0.1) is 0 Å². The summed E-state index contributed by atoms with van der Waals surface area (Å²) in [7, 11) is 0. The SMILES string of the molecule is O=[N+]([O-])c1ccc(CCN2CCN(c3nc(-c4ccc(F)cc4)nc4c3CCCC4)CC2)cc1. The van der Waals surface area contributed by atoms with Crippen LogP contribution >= 0.6 is 0 Å². The molecule has 0 atom stereocenters. The van der Waals surface area contributed by atoms with Crippen molar-refractivity contribution in [2.75, 3.05) is 37.6 Å². The number of halogens is 1. The summed E-state index contributed by atoms with van der Waals surface area (Å²) in [6, 6.07) is 13.3. The molecule has 176 valence electrons. The minimum atomic E-state index is -0.365. The van der Waals surface area contributed by atoms with Gasteiger partial charge in [-0.05, 0) is 61.9 Å². The van der Waals surface area contributed by atoms with Gasteiger partial charge in [-0.1, -0.05) is 12.1 Å². The van der Waals surface area contributed by atoms with Crippen LogP contribution in [0.1, 0.15) is 29.7 Å². The number of hydrogen-bond donors (Lipinski definition) is 0. The standard InChI is InChI=1S/C26H28FN5O2/c27-21-9-7-20(8-10-21)25-28-24-4-2-1-3-23(24)26(29-25)31-17-15-30(16-18-31)14-13-19-5-11-22(12-6-19)32(33)34/h5-12H,1-4,13-18H2. The van der Waals surface area contributed by atoms with Crippen LogP contribution in [0.15, 0.2) is 48.5 Å². The number of hydrogen-bond acceptors (Lipinski definition) is 6. The van der Waals surface area contributed by atoms with Crippen molar-refractivity contribution < 1.29 is 9.31 Å². The van der Waals surface area contributed by atoms with E-state index in [1.54, 1.807) is 24.3 Å². The summed E-state index contributed by atoms with van der Waals surface area (Å²) in [5.41, 5.74) is 4.50. The van der Waals surface area contributed by atoms with E-state index in [9.17, 15) is 14.5 Å². The predicted molar refractivity (Wildman–Crippen MR) is 130 cm³/mol. The van der Waals surface area contributed by atoms with Gasteiger partial charge in [0.05, 0.1) is 4.92 Å². The Bertz CT molecular complexity index is 1160. The quantitative estimate of drug-likeness (QED) is 0.399. The summed E-state index contributed by atoms with van der Waals surface area (Å²) in [4.78, 5) is 25.1. The number of fused-ring (bicyclic) bond motifs is 1.